The maximum Gasteiger partial charge on any atom is 0.0809 e. The molecule has 0 amide bonds. The third-order valence-corrected chi connectivity index (χ3v) is 3.53. The van der Waals surface area contributed by atoms with Gasteiger partial charge in [0.1, 0.15) is 0 Å². The quantitative estimate of drug-likeness (QED) is 0.745. The SMILES string of the molecule is Brc1ccc(CNCCCOCC2CCCO2)nc1. The lowest BCUT2D eigenvalue weighted by Gasteiger charge is -2.10. The molecule has 0 saturated carbocycles. The summed E-state index contributed by atoms with van der Waals surface area (Å²) in [6.07, 6.45) is 5.49. The van der Waals surface area contributed by atoms with Crippen molar-refractivity contribution in [3.05, 3.63) is 28.5 Å². The van der Waals surface area contributed by atoms with Crippen molar-refractivity contribution in [1.29, 1.82) is 0 Å². The zero-order chi connectivity index (χ0) is 13.3. The first-order valence-electron chi connectivity index (χ1n) is 6.85. The zero-order valence-corrected chi connectivity index (χ0v) is 12.7. The summed E-state index contributed by atoms with van der Waals surface area (Å²) in [6, 6.07) is 4.03. The van der Waals surface area contributed by atoms with E-state index in [2.05, 4.69) is 26.2 Å². The minimum atomic E-state index is 0.333. The Morgan fingerprint density at radius 2 is 2.42 bits per heavy atom. The highest BCUT2D eigenvalue weighted by Gasteiger charge is 2.14. The smallest absolute Gasteiger partial charge is 0.0809 e. The van der Waals surface area contributed by atoms with Gasteiger partial charge in [-0.1, -0.05) is 0 Å². The molecule has 1 atom stereocenters. The third kappa shape index (κ3) is 5.99. The summed E-state index contributed by atoms with van der Waals surface area (Å²) >= 11 is 3.37. The van der Waals surface area contributed by atoms with E-state index in [0.717, 1.165) is 55.9 Å². The predicted molar refractivity (Wildman–Crippen MR) is 78.1 cm³/mol. The van der Waals surface area contributed by atoms with Crippen LogP contribution in [0.4, 0.5) is 0 Å². The summed E-state index contributed by atoms with van der Waals surface area (Å²) in [6.45, 7) is 4.19. The van der Waals surface area contributed by atoms with Crippen molar-refractivity contribution in [3.8, 4) is 0 Å². The van der Waals surface area contributed by atoms with Gasteiger partial charge >= 0.3 is 0 Å². The van der Waals surface area contributed by atoms with Crippen molar-refractivity contribution >= 4 is 15.9 Å². The summed E-state index contributed by atoms with van der Waals surface area (Å²) in [5.41, 5.74) is 1.06. The van der Waals surface area contributed by atoms with Crippen LogP contribution in [-0.2, 0) is 16.0 Å². The van der Waals surface area contributed by atoms with Crippen LogP contribution in [0.5, 0.6) is 0 Å². The standard InChI is InChI=1S/C14H21BrN2O2/c15-12-4-5-13(17-9-12)10-16-6-2-7-18-11-14-3-1-8-19-14/h4-5,9,14,16H,1-3,6-8,10-11H2. The van der Waals surface area contributed by atoms with Crippen molar-refractivity contribution in [1.82, 2.24) is 10.3 Å². The molecule has 2 rings (SSSR count). The summed E-state index contributed by atoms with van der Waals surface area (Å²) in [4.78, 5) is 4.31. The van der Waals surface area contributed by atoms with Gasteiger partial charge in [0.05, 0.1) is 18.4 Å². The molecule has 2 heterocycles. The van der Waals surface area contributed by atoms with Crippen molar-refractivity contribution in [2.45, 2.75) is 31.9 Å². The number of halogens is 1. The molecule has 0 aromatic carbocycles. The maximum absolute atomic E-state index is 5.60. The Kier molecular flexibility index (Phi) is 6.78. The number of hydrogen-bond donors (Lipinski definition) is 1. The van der Waals surface area contributed by atoms with Crippen LogP contribution in [0.25, 0.3) is 0 Å². The molecule has 1 aliphatic rings. The van der Waals surface area contributed by atoms with E-state index in [9.17, 15) is 0 Å². The van der Waals surface area contributed by atoms with Crippen LogP contribution >= 0.6 is 15.9 Å². The molecule has 4 nitrogen and oxygen atoms in total. The number of ether oxygens (including phenoxy) is 2. The first kappa shape index (κ1) is 14.9. The van der Waals surface area contributed by atoms with E-state index in [4.69, 9.17) is 9.47 Å². The van der Waals surface area contributed by atoms with Crippen LogP contribution < -0.4 is 5.32 Å². The zero-order valence-electron chi connectivity index (χ0n) is 11.1. The number of hydrogen-bond acceptors (Lipinski definition) is 4. The van der Waals surface area contributed by atoms with Gasteiger partial charge in [0.2, 0.25) is 0 Å². The Morgan fingerprint density at radius 3 is 3.16 bits per heavy atom. The number of pyridine rings is 1. The second-order valence-corrected chi connectivity index (χ2v) is 5.62. The minimum absolute atomic E-state index is 0.333. The van der Waals surface area contributed by atoms with Gasteiger partial charge in [-0.2, -0.15) is 0 Å². The van der Waals surface area contributed by atoms with Gasteiger partial charge in [0.15, 0.2) is 0 Å². The second kappa shape index (κ2) is 8.64. The molecule has 0 spiro atoms. The molecule has 1 N–H and O–H groups in total. The highest BCUT2D eigenvalue weighted by molar-refractivity contribution is 9.10. The first-order chi connectivity index (χ1) is 9.34. The Hall–Kier alpha value is -0.490. The molecule has 1 aliphatic heterocycles. The molecule has 0 radical (unpaired) electrons. The van der Waals surface area contributed by atoms with E-state index in [-0.39, 0.29) is 0 Å². The third-order valence-electron chi connectivity index (χ3n) is 3.06. The largest absolute Gasteiger partial charge is 0.379 e. The van der Waals surface area contributed by atoms with Crippen molar-refractivity contribution in [2.75, 3.05) is 26.4 Å². The van der Waals surface area contributed by atoms with Crippen LogP contribution in [0, 0.1) is 0 Å². The van der Waals surface area contributed by atoms with Crippen molar-refractivity contribution < 1.29 is 9.47 Å². The Labute approximate surface area is 123 Å². The fourth-order valence-corrected chi connectivity index (χ4v) is 2.25. The van der Waals surface area contributed by atoms with Gasteiger partial charge in [-0.3, -0.25) is 4.98 Å². The predicted octanol–water partition coefficient (Wildman–Crippen LogP) is 2.52. The molecular formula is C14H21BrN2O2. The summed E-state index contributed by atoms with van der Waals surface area (Å²) < 4.78 is 12.1. The lowest BCUT2D eigenvalue weighted by Crippen LogP contribution is -2.19. The highest BCUT2D eigenvalue weighted by Crippen LogP contribution is 2.11. The molecule has 0 bridgehead atoms. The van der Waals surface area contributed by atoms with Gasteiger partial charge < -0.3 is 14.8 Å². The minimum Gasteiger partial charge on any atom is -0.379 e. The van der Waals surface area contributed by atoms with E-state index >= 15 is 0 Å². The fourth-order valence-electron chi connectivity index (χ4n) is 2.02. The first-order valence-corrected chi connectivity index (χ1v) is 7.64. The van der Waals surface area contributed by atoms with Crippen LogP contribution in [0.15, 0.2) is 22.8 Å². The second-order valence-electron chi connectivity index (χ2n) is 4.71. The average Bonchev–Trinajstić information content (AvgIpc) is 2.93. The van der Waals surface area contributed by atoms with E-state index < -0.39 is 0 Å². The molecule has 5 heteroatoms. The van der Waals surface area contributed by atoms with E-state index in [1.807, 2.05) is 18.3 Å². The summed E-state index contributed by atoms with van der Waals surface area (Å²) in [5, 5.41) is 3.36. The number of aromatic nitrogens is 1. The van der Waals surface area contributed by atoms with Crippen LogP contribution in [0.2, 0.25) is 0 Å². The maximum atomic E-state index is 5.60. The number of nitrogens with zero attached hydrogens (tertiary/aromatic N) is 1. The molecular weight excluding hydrogens is 308 g/mol. The van der Waals surface area contributed by atoms with Gasteiger partial charge in [-0.05, 0) is 53.9 Å². The van der Waals surface area contributed by atoms with E-state index in [0.29, 0.717) is 6.10 Å². The van der Waals surface area contributed by atoms with Crippen LogP contribution in [-0.4, -0.2) is 37.5 Å². The lowest BCUT2D eigenvalue weighted by atomic mass is 10.2. The summed E-state index contributed by atoms with van der Waals surface area (Å²) in [7, 11) is 0. The topological polar surface area (TPSA) is 43.4 Å². The normalized spacial score (nSPS) is 18.9. The number of nitrogens with one attached hydrogen (secondary N) is 1. The molecule has 1 unspecified atom stereocenters. The van der Waals surface area contributed by atoms with E-state index in [1.54, 1.807) is 0 Å². The average molecular weight is 329 g/mol. The molecule has 1 aromatic rings. The molecule has 1 aromatic heterocycles. The highest BCUT2D eigenvalue weighted by atomic mass is 79.9. The Morgan fingerprint density at radius 1 is 1.47 bits per heavy atom. The van der Waals surface area contributed by atoms with E-state index in [1.165, 1.54) is 6.42 Å². The van der Waals surface area contributed by atoms with Gasteiger partial charge in [0, 0.05) is 30.4 Å². The summed E-state index contributed by atoms with van der Waals surface area (Å²) in [5.74, 6) is 0. The lowest BCUT2D eigenvalue weighted by molar-refractivity contribution is 0.0166. The Balaban J connectivity index is 1.44. The monoisotopic (exact) mass is 328 g/mol. The van der Waals surface area contributed by atoms with Crippen LogP contribution in [0.3, 0.4) is 0 Å². The van der Waals surface area contributed by atoms with Gasteiger partial charge in [-0.15, -0.1) is 0 Å². The molecule has 106 valence electrons. The van der Waals surface area contributed by atoms with Crippen molar-refractivity contribution in [3.63, 3.8) is 0 Å². The molecule has 19 heavy (non-hydrogen) atoms. The van der Waals surface area contributed by atoms with Gasteiger partial charge in [0.25, 0.3) is 0 Å². The molecule has 1 fully saturated rings. The molecule has 1 saturated heterocycles. The van der Waals surface area contributed by atoms with Gasteiger partial charge in [-0.25, -0.2) is 0 Å². The number of rotatable bonds is 8. The molecule has 0 aliphatic carbocycles. The fraction of sp³-hybridized carbons (Fsp3) is 0.643. The Bertz CT molecular complexity index is 353. The van der Waals surface area contributed by atoms with Crippen molar-refractivity contribution in [2.24, 2.45) is 0 Å². The van der Waals surface area contributed by atoms with Crippen LogP contribution in [0.1, 0.15) is 25.0 Å².